The van der Waals surface area contributed by atoms with Crippen LogP contribution in [0.25, 0.3) is 0 Å². The monoisotopic (exact) mass is 143 g/mol. The minimum absolute atomic E-state index is 0.204. The standard InChI is InChI=1S/C7H15N2O/c1-3-5-6(4-2)9-7(8)10/h6,8H,3-5H2,1-2H3,(H,9,10). The van der Waals surface area contributed by atoms with Gasteiger partial charge in [-0.25, -0.2) is 10.5 Å². The van der Waals surface area contributed by atoms with Gasteiger partial charge in [0.2, 0.25) is 0 Å². The van der Waals surface area contributed by atoms with Crippen LogP contribution in [-0.4, -0.2) is 12.1 Å². The van der Waals surface area contributed by atoms with Crippen molar-refractivity contribution in [1.82, 2.24) is 11.1 Å². The zero-order valence-electron chi connectivity index (χ0n) is 6.61. The molecule has 3 heteroatoms. The molecule has 1 radical (unpaired) electrons. The van der Waals surface area contributed by atoms with Gasteiger partial charge in [0.05, 0.1) is 0 Å². The minimum Gasteiger partial charge on any atom is -0.334 e. The van der Waals surface area contributed by atoms with Gasteiger partial charge in [0.25, 0.3) is 0 Å². The van der Waals surface area contributed by atoms with Crippen LogP contribution in [0.3, 0.4) is 0 Å². The van der Waals surface area contributed by atoms with Crippen LogP contribution in [-0.2, 0) is 0 Å². The fourth-order valence-electron chi connectivity index (χ4n) is 0.912. The summed E-state index contributed by atoms with van der Waals surface area (Å²) in [5.74, 6) is 0. The Morgan fingerprint density at radius 3 is 2.50 bits per heavy atom. The van der Waals surface area contributed by atoms with Crippen LogP contribution in [0.1, 0.15) is 33.1 Å². The Bertz CT molecular complexity index is 104. The molecule has 0 rings (SSSR count). The molecule has 0 fully saturated rings. The molecule has 59 valence electrons. The van der Waals surface area contributed by atoms with Gasteiger partial charge in [-0.2, -0.15) is 0 Å². The van der Waals surface area contributed by atoms with E-state index in [1.54, 1.807) is 0 Å². The van der Waals surface area contributed by atoms with E-state index in [9.17, 15) is 4.79 Å². The smallest absolute Gasteiger partial charge is 0.333 e. The maximum absolute atomic E-state index is 10.2. The van der Waals surface area contributed by atoms with Crippen LogP contribution in [0, 0.1) is 0 Å². The van der Waals surface area contributed by atoms with Crippen molar-refractivity contribution < 1.29 is 4.79 Å². The molecule has 1 atom stereocenters. The number of urea groups is 1. The normalized spacial score (nSPS) is 12.6. The van der Waals surface area contributed by atoms with E-state index in [1.807, 2.05) is 6.92 Å². The summed E-state index contributed by atoms with van der Waals surface area (Å²) in [6.07, 6.45) is 2.94. The van der Waals surface area contributed by atoms with Gasteiger partial charge in [-0.05, 0) is 12.8 Å². The van der Waals surface area contributed by atoms with Gasteiger partial charge >= 0.3 is 6.03 Å². The molecule has 0 saturated heterocycles. The number of hydrogen-bond acceptors (Lipinski definition) is 1. The highest BCUT2D eigenvalue weighted by molar-refractivity contribution is 5.71. The number of carbonyl (C=O) groups is 1. The summed E-state index contributed by atoms with van der Waals surface area (Å²) in [6, 6.07) is -0.463. The highest BCUT2D eigenvalue weighted by Crippen LogP contribution is 1.99. The van der Waals surface area contributed by atoms with E-state index in [-0.39, 0.29) is 6.04 Å². The molecule has 0 aliphatic carbocycles. The van der Waals surface area contributed by atoms with E-state index >= 15 is 0 Å². The summed E-state index contributed by atoms with van der Waals surface area (Å²) in [4.78, 5) is 10.2. The van der Waals surface area contributed by atoms with Gasteiger partial charge in [0, 0.05) is 6.04 Å². The molecule has 1 unspecified atom stereocenters. The van der Waals surface area contributed by atoms with E-state index in [0.29, 0.717) is 0 Å². The van der Waals surface area contributed by atoms with Crippen LogP contribution >= 0.6 is 0 Å². The van der Waals surface area contributed by atoms with Gasteiger partial charge in [-0.3, -0.25) is 0 Å². The average molecular weight is 143 g/mol. The molecule has 2 amide bonds. The fraction of sp³-hybridized carbons (Fsp3) is 0.857. The Kier molecular flexibility index (Phi) is 4.72. The molecular formula is C7H15N2O. The number of rotatable bonds is 4. The molecule has 0 bridgehead atoms. The van der Waals surface area contributed by atoms with Crippen LogP contribution in [0.5, 0.6) is 0 Å². The Balaban J connectivity index is 3.49. The Morgan fingerprint density at radius 1 is 1.60 bits per heavy atom. The SMILES string of the molecule is CCCC(CC)NC([NH])=O. The predicted octanol–water partition coefficient (Wildman–Crippen LogP) is 1.56. The van der Waals surface area contributed by atoms with Crippen molar-refractivity contribution in [2.45, 2.75) is 39.2 Å². The van der Waals surface area contributed by atoms with Gasteiger partial charge in [-0.15, -0.1) is 0 Å². The third-order valence-corrected chi connectivity index (χ3v) is 1.47. The van der Waals surface area contributed by atoms with Gasteiger partial charge in [0.1, 0.15) is 0 Å². The second-order valence-electron chi connectivity index (χ2n) is 2.37. The van der Waals surface area contributed by atoms with Gasteiger partial charge < -0.3 is 5.32 Å². The third-order valence-electron chi connectivity index (χ3n) is 1.47. The fourth-order valence-corrected chi connectivity index (χ4v) is 0.912. The summed E-state index contributed by atoms with van der Waals surface area (Å²) in [7, 11) is 0. The molecule has 0 aliphatic rings. The van der Waals surface area contributed by atoms with Crippen molar-refractivity contribution in [1.29, 1.82) is 0 Å². The molecule has 3 nitrogen and oxygen atoms in total. The average Bonchev–Trinajstić information content (AvgIpc) is 1.86. The first-order valence-electron chi connectivity index (χ1n) is 3.72. The summed E-state index contributed by atoms with van der Waals surface area (Å²) in [5.41, 5.74) is 6.64. The summed E-state index contributed by atoms with van der Waals surface area (Å²) in [6.45, 7) is 4.08. The zero-order chi connectivity index (χ0) is 7.98. The maximum Gasteiger partial charge on any atom is 0.333 e. The van der Waals surface area contributed by atoms with Gasteiger partial charge in [-0.1, -0.05) is 20.3 Å². The number of nitrogens with one attached hydrogen (secondary N) is 2. The van der Waals surface area contributed by atoms with E-state index in [2.05, 4.69) is 12.2 Å². The van der Waals surface area contributed by atoms with Crippen LogP contribution in [0.15, 0.2) is 0 Å². The first-order valence-corrected chi connectivity index (χ1v) is 3.72. The molecule has 0 aliphatic heterocycles. The molecule has 0 heterocycles. The quantitative estimate of drug-likeness (QED) is 0.637. The van der Waals surface area contributed by atoms with Crippen molar-refractivity contribution in [2.24, 2.45) is 0 Å². The van der Waals surface area contributed by atoms with E-state index < -0.39 is 6.03 Å². The van der Waals surface area contributed by atoms with Crippen LogP contribution in [0.2, 0.25) is 0 Å². The molecule has 0 aromatic rings. The zero-order valence-corrected chi connectivity index (χ0v) is 6.61. The Labute approximate surface area is 62.0 Å². The lowest BCUT2D eigenvalue weighted by molar-refractivity contribution is 0.242. The Morgan fingerprint density at radius 2 is 2.20 bits per heavy atom. The maximum atomic E-state index is 10.2. The minimum atomic E-state index is -0.666. The van der Waals surface area contributed by atoms with Crippen molar-refractivity contribution >= 4 is 6.03 Å². The highest BCUT2D eigenvalue weighted by atomic mass is 16.2. The van der Waals surface area contributed by atoms with Gasteiger partial charge in [0.15, 0.2) is 0 Å². The lowest BCUT2D eigenvalue weighted by atomic mass is 10.1. The molecule has 10 heavy (non-hydrogen) atoms. The summed E-state index contributed by atoms with van der Waals surface area (Å²) in [5, 5.41) is 2.56. The molecule has 0 aromatic carbocycles. The highest BCUT2D eigenvalue weighted by Gasteiger charge is 2.05. The Hall–Kier alpha value is -0.730. The second-order valence-corrected chi connectivity index (χ2v) is 2.37. The first-order chi connectivity index (χ1) is 4.70. The van der Waals surface area contributed by atoms with Crippen molar-refractivity contribution in [3.8, 4) is 0 Å². The lowest BCUT2D eigenvalue weighted by Crippen LogP contribution is -2.33. The lowest BCUT2D eigenvalue weighted by Gasteiger charge is -2.12. The summed E-state index contributed by atoms with van der Waals surface area (Å²) < 4.78 is 0. The third kappa shape index (κ3) is 4.18. The second kappa shape index (κ2) is 5.09. The number of amides is 2. The molecule has 2 N–H and O–H groups in total. The van der Waals surface area contributed by atoms with Crippen LogP contribution < -0.4 is 11.1 Å². The molecule has 0 spiro atoms. The van der Waals surface area contributed by atoms with Crippen LogP contribution in [0.4, 0.5) is 4.79 Å². The van der Waals surface area contributed by atoms with Crippen molar-refractivity contribution in [3.05, 3.63) is 0 Å². The van der Waals surface area contributed by atoms with E-state index in [1.165, 1.54) is 0 Å². The topological polar surface area (TPSA) is 52.9 Å². The van der Waals surface area contributed by atoms with E-state index in [0.717, 1.165) is 19.3 Å². The summed E-state index contributed by atoms with van der Waals surface area (Å²) >= 11 is 0. The van der Waals surface area contributed by atoms with Crippen molar-refractivity contribution in [3.63, 3.8) is 0 Å². The number of hydrogen-bond donors (Lipinski definition) is 1. The number of carbonyl (C=O) groups excluding carboxylic acids is 1. The largest absolute Gasteiger partial charge is 0.334 e. The first kappa shape index (κ1) is 9.27. The van der Waals surface area contributed by atoms with Crippen molar-refractivity contribution in [2.75, 3.05) is 0 Å². The van der Waals surface area contributed by atoms with E-state index in [4.69, 9.17) is 5.73 Å². The molecule has 0 saturated carbocycles. The molecular weight excluding hydrogens is 128 g/mol. The predicted molar refractivity (Wildman–Crippen MR) is 40.6 cm³/mol. The molecule has 0 aromatic heterocycles.